The van der Waals surface area contributed by atoms with Gasteiger partial charge in [-0.05, 0) is 54.2 Å². The van der Waals surface area contributed by atoms with Gasteiger partial charge in [0.2, 0.25) is 0 Å². The van der Waals surface area contributed by atoms with E-state index in [9.17, 15) is 9.90 Å². The molecule has 3 N–H and O–H groups in total. The monoisotopic (exact) mass is 378 g/mol. The molecule has 0 saturated heterocycles. The highest BCUT2D eigenvalue weighted by Crippen LogP contribution is 2.38. The third-order valence-corrected chi connectivity index (χ3v) is 5.20. The summed E-state index contributed by atoms with van der Waals surface area (Å²) in [6.45, 7) is 0. The first-order valence-corrected chi connectivity index (χ1v) is 9.21. The highest BCUT2D eigenvalue weighted by molar-refractivity contribution is 5.95. The average Bonchev–Trinajstić information content (AvgIpc) is 3.25. The Bertz CT molecular complexity index is 935. The van der Waals surface area contributed by atoms with Crippen LogP contribution in [0.5, 0.6) is 5.75 Å². The predicted octanol–water partition coefficient (Wildman–Crippen LogP) is 2.72. The van der Waals surface area contributed by atoms with Crippen LogP contribution in [-0.4, -0.2) is 39.4 Å². The molecule has 7 nitrogen and oxygen atoms in total. The van der Waals surface area contributed by atoms with Gasteiger partial charge >= 0.3 is 0 Å². The van der Waals surface area contributed by atoms with Gasteiger partial charge in [-0.15, -0.1) is 0 Å². The molecule has 28 heavy (non-hydrogen) atoms. The van der Waals surface area contributed by atoms with Crippen LogP contribution in [0.15, 0.2) is 55.0 Å². The zero-order chi connectivity index (χ0) is 19.5. The molecule has 1 fully saturated rings. The van der Waals surface area contributed by atoms with Crippen molar-refractivity contribution in [1.29, 1.82) is 0 Å². The second-order valence-corrected chi connectivity index (χ2v) is 7.04. The number of methoxy groups -OCH3 is 1. The molecule has 1 aliphatic carbocycles. The molecule has 1 atom stereocenters. The van der Waals surface area contributed by atoms with E-state index < -0.39 is 0 Å². The van der Waals surface area contributed by atoms with E-state index in [-0.39, 0.29) is 24.0 Å². The maximum absolute atomic E-state index is 12.9. The summed E-state index contributed by atoms with van der Waals surface area (Å²) >= 11 is 0. The van der Waals surface area contributed by atoms with Gasteiger partial charge < -0.3 is 15.2 Å². The van der Waals surface area contributed by atoms with E-state index in [4.69, 9.17) is 4.74 Å². The quantitative estimate of drug-likeness (QED) is 0.612. The number of hydrogen-bond acceptors (Lipinski definition) is 5. The Morgan fingerprint density at radius 2 is 2.04 bits per heavy atom. The van der Waals surface area contributed by atoms with Gasteiger partial charge in [0, 0.05) is 18.0 Å². The Morgan fingerprint density at radius 1 is 1.25 bits per heavy atom. The highest BCUT2D eigenvalue weighted by atomic mass is 16.5. The van der Waals surface area contributed by atoms with Gasteiger partial charge in [-0.3, -0.25) is 14.9 Å². The number of hydrogen-bond donors (Lipinski definition) is 3. The summed E-state index contributed by atoms with van der Waals surface area (Å²) in [6.07, 6.45) is 6.06. The van der Waals surface area contributed by atoms with Crippen molar-refractivity contribution in [3.8, 4) is 17.0 Å². The molecule has 0 spiro atoms. The van der Waals surface area contributed by atoms with Crippen LogP contribution in [0.2, 0.25) is 0 Å². The van der Waals surface area contributed by atoms with Crippen molar-refractivity contribution in [3.05, 3.63) is 66.1 Å². The van der Waals surface area contributed by atoms with E-state index in [1.807, 2.05) is 24.3 Å². The van der Waals surface area contributed by atoms with Gasteiger partial charge in [-0.1, -0.05) is 12.1 Å². The number of aliphatic hydroxyl groups is 1. The van der Waals surface area contributed by atoms with Crippen LogP contribution in [0, 0.1) is 5.92 Å². The number of nitrogens with one attached hydrogen (secondary N) is 2. The highest BCUT2D eigenvalue weighted by Gasteiger charge is 2.36. The van der Waals surface area contributed by atoms with E-state index in [1.54, 1.807) is 37.8 Å². The summed E-state index contributed by atoms with van der Waals surface area (Å²) in [4.78, 5) is 17.1. The second-order valence-electron chi connectivity index (χ2n) is 7.04. The zero-order valence-corrected chi connectivity index (χ0v) is 15.5. The largest absolute Gasteiger partial charge is 0.495 e. The fraction of sp³-hybridized carbons (Fsp3) is 0.286. The molecular weight excluding hydrogens is 356 g/mol. The van der Waals surface area contributed by atoms with Crippen LogP contribution in [-0.2, 0) is 0 Å². The van der Waals surface area contributed by atoms with Crippen molar-refractivity contribution >= 4 is 5.91 Å². The molecule has 2 heterocycles. The smallest absolute Gasteiger partial charge is 0.251 e. The van der Waals surface area contributed by atoms with Gasteiger partial charge in [0.25, 0.3) is 5.91 Å². The summed E-state index contributed by atoms with van der Waals surface area (Å²) in [5.74, 6) is 0.642. The minimum atomic E-state index is -0.309. The Hall–Kier alpha value is -3.19. The summed E-state index contributed by atoms with van der Waals surface area (Å²) in [7, 11) is 1.59. The van der Waals surface area contributed by atoms with E-state index in [2.05, 4.69) is 20.5 Å². The van der Waals surface area contributed by atoms with Gasteiger partial charge in [0.15, 0.2) is 0 Å². The minimum Gasteiger partial charge on any atom is -0.495 e. The van der Waals surface area contributed by atoms with E-state index >= 15 is 0 Å². The van der Waals surface area contributed by atoms with Crippen molar-refractivity contribution in [1.82, 2.24) is 20.5 Å². The number of pyridine rings is 1. The number of aliphatic hydroxyl groups excluding tert-OH is 1. The topological polar surface area (TPSA) is 100 Å². The third kappa shape index (κ3) is 3.75. The van der Waals surface area contributed by atoms with Crippen molar-refractivity contribution in [2.45, 2.75) is 25.0 Å². The Balaban J connectivity index is 1.53. The zero-order valence-electron chi connectivity index (χ0n) is 15.5. The number of rotatable bonds is 6. The number of amides is 1. The molecule has 0 aliphatic heterocycles. The molecule has 2 aromatic heterocycles. The summed E-state index contributed by atoms with van der Waals surface area (Å²) in [5, 5.41) is 19.7. The molecule has 1 aromatic carbocycles. The lowest BCUT2D eigenvalue weighted by Crippen LogP contribution is -2.41. The van der Waals surface area contributed by atoms with Crippen molar-refractivity contribution in [2.24, 2.45) is 5.92 Å². The van der Waals surface area contributed by atoms with Crippen molar-refractivity contribution in [3.63, 3.8) is 0 Å². The van der Waals surface area contributed by atoms with Gasteiger partial charge in [0.05, 0.1) is 31.1 Å². The molecule has 1 aliphatic rings. The Morgan fingerprint density at radius 3 is 2.68 bits per heavy atom. The minimum absolute atomic E-state index is 0.162. The van der Waals surface area contributed by atoms with E-state index in [0.29, 0.717) is 24.2 Å². The van der Waals surface area contributed by atoms with E-state index in [1.165, 1.54) is 0 Å². The molecule has 0 bridgehead atoms. The molecule has 3 aromatic rings. The van der Waals surface area contributed by atoms with Crippen LogP contribution in [0.1, 0.15) is 34.8 Å². The molecule has 0 radical (unpaired) electrons. The first-order valence-electron chi connectivity index (χ1n) is 9.21. The molecule has 144 valence electrons. The predicted molar refractivity (Wildman–Crippen MR) is 104 cm³/mol. The van der Waals surface area contributed by atoms with Crippen molar-refractivity contribution in [2.75, 3.05) is 7.11 Å². The molecule has 7 heteroatoms. The van der Waals surface area contributed by atoms with Crippen LogP contribution < -0.4 is 10.1 Å². The van der Waals surface area contributed by atoms with Gasteiger partial charge in [-0.25, -0.2) is 0 Å². The molecule has 1 amide bonds. The first-order chi connectivity index (χ1) is 13.6. The molecule has 1 saturated carbocycles. The average molecular weight is 378 g/mol. The lowest BCUT2D eigenvalue weighted by atomic mass is 9.75. The third-order valence-electron chi connectivity index (χ3n) is 5.20. The van der Waals surface area contributed by atoms with Crippen LogP contribution >= 0.6 is 0 Å². The SMILES string of the molecule is COc1cncc([C@H](NC(=O)c2ccc(-c3ccn[nH]3)cc2)C2CC(O)C2)c1. The summed E-state index contributed by atoms with van der Waals surface area (Å²) < 4.78 is 5.26. The van der Waals surface area contributed by atoms with E-state index in [0.717, 1.165) is 16.8 Å². The fourth-order valence-corrected chi connectivity index (χ4v) is 3.54. The number of carbonyl (C=O) groups excluding carboxylic acids is 1. The van der Waals surface area contributed by atoms with Crippen molar-refractivity contribution < 1.29 is 14.6 Å². The number of nitrogens with zero attached hydrogens (tertiary/aromatic N) is 2. The number of benzene rings is 1. The van der Waals surface area contributed by atoms with Gasteiger partial charge in [-0.2, -0.15) is 5.10 Å². The fourth-order valence-electron chi connectivity index (χ4n) is 3.54. The van der Waals surface area contributed by atoms with Crippen LogP contribution in [0.3, 0.4) is 0 Å². The Labute approximate surface area is 162 Å². The van der Waals surface area contributed by atoms with Crippen LogP contribution in [0.4, 0.5) is 0 Å². The lowest BCUT2D eigenvalue weighted by Gasteiger charge is -2.38. The Kier molecular flexibility index (Phi) is 5.08. The first kappa shape index (κ1) is 18.2. The normalized spacial score (nSPS) is 19.5. The number of aromatic amines is 1. The number of ether oxygens (including phenoxy) is 1. The number of H-pyrrole nitrogens is 1. The second kappa shape index (κ2) is 7.82. The summed E-state index contributed by atoms with van der Waals surface area (Å²) in [6, 6.07) is 10.9. The number of aromatic nitrogens is 3. The van der Waals surface area contributed by atoms with Gasteiger partial charge in [0.1, 0.15) is 5.75 Å². The lowest BCUT2D eigenvalue weighted by molar-refractivity contribution is 0.0234. The van der Waals surface area contributed by atoms with Crippen LogP contribution in [0.25, 0.3) is 11.3 Å². The molecular formula is C21H22N4O3. The number of carbonyl (C=O) groups is 1. The summed E-state index contributed by atoms with van der Waals surface area (Å²) in [5.41, 5.74) is 3.31. The maximum Gasteiger partial charge on any atom is 0.251 e. The molecule has 0 unspecified atom stereocenters. The standard InChI is InChI=1S/C21H22N4O3/c1-28-18-10-16(11-22-12-18)20(15-8-17(26)9-15)24-21(27)14-4-2-13(3-5-14)19-6-7-23-25-19/h2-7,10-12,15,17,20,26H,8-9H2,1H3,(H,23,25)(H,24,27)/t15?,17?,20-/m1/s1. The molecule has 4 rings (SSSR count). The maximum atomic E-state index is 12.9.